The molecule has 0 aliphatic carbocycles. The monoisotopic (exact) mass is 482 g/mol. The summed E-state index contributed by atoms with van der Waals surface area (Å²) in [5.74, 6) is -1.38. The number of ether oxygens (including phenoxy) is 1. The van der Waals surface area contributed by atoms with Crippen molar-refractivity contribution in [3.63, 3.8) is 0 Å². The van der Waals surface area contributed by atoms with Crippen molar-refractivity contribution in [2.45, 2.75) is 0 Å². The summed E-state index contributed by atoms with van der Waals surface area (Å²) in [6.07, 6.45) is 1.38. The van der Waals surface area contributed by atoms with E-state index in [4.69, 9.17) is 15.6 Å². The molecule has 0 radical (unpaired) electrons. The molecule has 0 amide bonds. The van der Waals surface area contributed by atoms with Crippen molar-refractivity contribution in [1.82, 2.24) is 9.97 Å². The van der Waals surface area contributed by atoms with Crippen LogP contribution in [0.5, 0.6) is 5.75 Å². The van der Waals surface area contributed by atoms with E-state index in [1.807, 2.05) is 0 Å². The number of hydrogen-bond donors (Lipinski definition) is 2. The fourth-order valence-electron chi connectivity index (χ4n) is 2.78. The van der Waals surface area contributed by atoms with Crippen LogP contribution in [-0.4, -0.2) is 32.9 Å². The van der Waals surface area contributed by atoms with Crippen LogP contribution >= 0.6 is 15.9 Å². The Bertz CT molecular complexity index is 1220. The molecule has 0 aliphatic rings. The van der Waals surface area contributed by atoms with Crippen LogP contribution in [0.25, 0.3) is 22.5 Å². The van der Waals surface area contributed by atoms with E-state index in [0.717, 1.165) is 6.07 Å². The lowest BCUT2D eigenvalue weighted by molar-refractivity contribution is 0.412. The van der Waals surface area contributed by atoms with Crippen molar-refractivity contribution in [2.75, 3.05) is 19.1 Å². The zero-order valence-corrected chi connectivity index (χ0v) is 17.9. The molecule has 6 nitrogen and oxygen atoms in total. The van der Waals surface area contributed by atoms with E-state index in [0.29, 0.717) is 15.6 Å². The number of benzene rings is 2. The number of aromatic nitrogens is 2. The van der Waals surface area contributed by atoms with Gasteiger partial charge in [0.1, 0.15) is 23.0 Å². The van der Waals surface area contributed by atoms with Gasteiger partial charge in [-0.25, -0.2) is 18.7 Å². The highest BCUT2D eigenvalue weighted by Crippen LogP contribution is 2.35. The van der Waals surface area contributed by atoms with Crippen LogP contribution < -0.4 is 15.6 Å². The lowest BCUT2D eigenvalue weighted by atomic mass is 10.0. The van der Waals surface area contributed by atoms with E-state index in [9.17, 15) is 8.60 Å². The molecule has 2 aromatic carbocycles. The minimum atomic E-state index is -2.67. The fraction of sp³-hybridized carbons (Fsp3) is 0.105. The minimum Gasteiger partial charge on any atom is -0.496 e. The maximum absolute atomic E-state index is 15.4. The molecule has 3 rings (SSSR count). The smallest absolute Gasteiger partial charge is 0.221 e. The molecule has 0 bridgehead atoms. The maximum atomic E-state index is 15.4. The number of methoxy groups -OCH3 is 1. The van der Waals surface area contributed by atoms with Gasteiger partial charge in [-0.15, -0.1) is 0 Å². The molecule has 1 unspecified atom stereocenters. The number of nitrogens with zero attached hydrogens (tertiary/aromatic N) is 2. The fourth-order valence-corrected chi connectivity index (χ4v) is 3.97. The van der Waals surface area contributed by atoms with E-state index in [2.05, 4.69) is 25.9 Å². The second-order valence-corrected chi connectivity index (χ2v) is 9.38. The summed E-state index contributed by atoms with van der Waals surface area (Å²) in [5, 5.41) is 6.98. The lowest BCUT2D eigenvalue weighted by Crippen LogP contribution is -2.13. The normalized spacial score (nSPS) is 13.0. The quantitative estimate of drug-likeness (QED) is 0.554. The average molecular weight is 483 g/mol. The summed E-state index contributed by atoms with van der Waals surface area (Å²) in [4.78, 5) is 8.00. The zero-order valence-electron chi connectivity index (χ0n) is 15.4. The van der Waals surface area contributed by atoms with Gasteiger partial charge in [0.25, 0.3) is 0 Å². The molecule has 10 heteroatoms. The molecule has 0 saturated heterocycles. The number of nitrogens with two attached hydrogens (primary N) is 2. The molecule has 0 saturated carbocycles. The summed E-state index contributed by atoms with van der Waals surface area (Å²) in [6, 6.07) is 8.53. The molecule has 0 spiro atoms. The van der Waals surface area contributed by atoms with Gasteiger partial charge >= 0.3 is 0 Å². The van der Waals surface area contributed by atoms with E-state index in [-0.39, 0.29) is 28.6 Å². The SMILES string of the molecule is COc1cc(F)ccc1-c1nc(N)nc(-c2cc(Br)cc(C=S(C)(N)=O)c2)c1F. The van der Waals surface area contributed by atoms with Gasteiger partial charge < -0.3 is 10.5 Å². The van der Waals surface area contributed by atoms with Crippen LogP contribution in [0, 0.1) is 11.6 Å². The summed E-state index contributed by atoms with van der Waals surface area (Å²) < 4.78 is 46.6. The van der Waals surface area contributed by atoms with Crippen LogP contribution in [0.2, 0.25) is 0 Å². The minimum absolute atomic E-state index is 0.0746. The summed E-state index contributed by atoms with van der Waals surface area (Å²) >= 11 is 3.34. The van der Waals surface area contributed by atoms with Crippen molar-refractivity contribution >= 4 is 37.0 Å². The summed E-state index contributed by atoms with van der Waals surface area (Å²) in [6.45, 7) is 0. The molecule has 1 atom stereocenters. The summed E-state index contributed by atoms with van der Waals surface area (Å²) in [7, 11) is -1.33. The van der Waals surface area contributed by atoms with E-state index < -0.39 is 21.3 Å². The van der Waals surface area contributed by atoms with Gasteiger partial charge in [-0.3, -0.25) is 9.35 Å². The third-order valence-electron chi connectivity index (χ3n) is 3.85. The third kappa shape index (κ3) is 4.89. The molecule has 0 aliphatic heterocycles. The first kappa shape index (κ1) is 21.2. The van der Waals surface area contributed by atoms with Crippen LogP contribution in [0.15, 0.2) is 40.9 Å². The average Bonchev–Trinajstić information content (AvgIpc) is 2.61. The molecule has 1 heterocycles. The van der Waals surface area contributed by atoms with Crippen molar-refractivity contribution in [2.24, 2.45) is 5.14 Å². The number of hydrogen-bond acceptors (Lipinski definition) is 5. The Morgan fingerprint density at radius 1 is 1.14 bits per heavy atom. The number of rotatable bonds is 4. The van der Waals surface area contributed by atoms with Gasteiger partial charge in [0.15, 0.2) is 5.82 Å². The molecule has 3 aromatic rings. The highest BCUT2D eigenvalue weighted by atomic mass is 79.9. The van der Waals surface area contributed by atoms with Gasteiger partial charge in [0.05, 0.1) is 7.11 Å². The van der Waals surface area contributed by atoms with E-state index >= 15 is 4.39 Å². The highest BCUT2D eigenvalue weighted by molar-refractivity contribution is 9.10. The van der Waals surface area contributed by atoms with Crippen molar-refractivity contribution < 1.29 is 17.7 Å². The molecule has 152 valence electrons. The molecule has 29 heavy (non-hydrogen) atoms. The highest BCUT2D eigenvalue weighted by Gasteiger charge is 2.20. The van der Waals surface area contributed by atoms with Gasteiger partial charge in [-0.2, -0.15) is 0 Å². The molecule has 0 fully saturated rings. The largest absolute Gasteiger partial charge is 0.496 e. The van der Waals surface area contributed by atoms with Gasteiger partial charge in [-0.1, -0.05) is 15.9 Å². The van der Waals surface area contributed by atoms with Gasteiger partial charge in [0.2, 0.25) is 5.95 Å². The Balaban J connectivity index is 2.25. The molecule has 1 aromatic heterocycles. The predicted molar refractivity (Wildman–Crippen MR) is 115 cm³/mol. The van der Waals surface area contributed by atoms with Crippen LogP contribution in [0.4, 0.5) is 14.7 Å². The third-order valence-corrected chi connectivity index (χ3v) is 5.05. The second kappa shape index (κ2) is 8.05. The molecule has 4 N–H and O–H groups in total. The van der Waals surface area contributed by atoms with Crippen LogP contribution in [0.3, 0.4) is 0 Å². The Labute approximate surface area is 175 Å². The van der Waals surface area contributed by atoms with Crippen LogP contribution in [-0.2, 0) is 9.71 Å². The first-order chi connectivity index (χ1) is 13.6. The Morgan fingerprint density at radius 2 is 1.83 bits per heavy atom. The predicted octanol–water partition coefficient (Wildman–Crippen LogP) is 3.38. The van der Waals surface area contributed by atoms with Crippen molar-refractivity contribution in [3.8, 4) is 28.3 Å². The zero-order chi connectivity index (χ0) is 21.3. The number of anilines is 1. The first-order valence-corrected chi connectivity index (χ1v) is 11.1. The molecular formula is C19H17BrF2N4O2S. The lowest BCUT2D eigenvalue weighted by Gasteiger charge is -2.12. The first-order valence-electron chi connectivity index (χ1n) is 8.17. The van der Waals surface area contributed by atoms with Crippen LogP contribution in [0.1, 0.15) is 5.56 Å². The Morgan fingerprint density at radius 3 is 2.48 bits per heavy atom. The van der Waals surface area contributed by atoms with Gasteiger partial charge in [0, 0.05) is 43.0 Å². The van der Waals surface area contributed by atoms with Crippen molar-refractivity contribution in [1.29, 1.82) is 0 Å². The topological polar surface area (TPSA) is 104 Å². The molecular weight excluding hydrogens is 466 g/mol. The summed E-state index contributed by atoms with van der Waals surface area (Å²) in [5.41, 5.74) is 6.71. The Hall–Kier alpha value is -2.56. The van der Waals surface area contributed by atoms with Crippen molar-refractivity contribution in [3.05, 3.63) is 58.1 Å². The maximum Gasteiger partial charge on any atom is 0.221 e. The number of halogens is 3. The number of nitrogen functional groups attached to an aromatic ring is 1. The Kier molecular flexibility index (Phi) is 5.87. The standard InChI is InChI=1S/C19H17BrF2N4O2S/c1-28-15-8-13(21)3-4-14(15)18-16(22)17(25-19(23)26-18)11-5-10(6-12(20)7-11)9-29(2,24)27/h3-9H,1-2H3,(H2,24,27)(H2,23,25,26). The van der Waals surface area contributed by atoms with E-state index in [1.54, 1.807) is 18.2 Å². The second-order valence-electron chi connectivity index (χ2n) is 6.30. The van der Waals surface area contributed by atoms with Gasteiger partial charge in [-0.05, 0) is 35.9 Å². The van der Waals surface area contributed by atoms with E-state index in [1.165, 1.54) is 30.9 Å².